The van der Waals surface area contributed by atoms with Crippen molar-refractivity contribution in [3.05, 3.63) is 46.2 Å². The first-order chi connectivity index (χ1) is 10.1. The van der Waals surface area contributed by atoms with Gasteiger partial charge in [0, 0.05) is 17.5 Å². The molecule has 0 saturated heterocycles. The first-order valence-corrected chi connectivity index (χ1v) is 8.00. The molecular weight excluding hydrogens is 304 g/mol. The van der Waals surface area contributed by atoms with Gasteiger partial charge in [-0.3, -0.25) is 5.41 Å². The molecule has 1 aliphatic carbocycles. The highest BCUT2D eigenvalue weighted by Gasteiger charge is 2.18. The monoisotopic (exact) mass is 318 g/mol. The average Bonchev–Trinajstić information content (AvgIpc) is 2.48. The van der Waals surface area contributed by atoms with Gasteiger partial charge in [-0.05, 0) is 61.2 Å². The van der Waals surface area contributed by atoms with Crippen LogP contribution in [0, 0.1) is 5.41 Å². The summed E-state index contributed by atoms with van der Waals surface area (Å²) < 4.78 is 0. The quantitative estimate of drug-likeness (QED) is 0.671. The number of hydrogen-bond donors (Lipinski definition) is 2. The molecule has 0 fully saturated rings. The summed E-state index contributed by atoms with van der Waals surface area (Å²) in [6.07, 6.45) is 6.02. The molecule has 0 bridgehead atoms. The number of aryl methyl sites for hydroxylation is 2. The van der Waals surface area contributed by atoms with Crippen molar-refractivity contribution < 1.29 is 0 Å². The molecule has 0 atom stereocenters. The number of nitrogens with one attached hydrogen (secondary N) is 1. The number of rotatable bonds is 3. The summed E-state index contributed by atoms with van der Waals surface area (Å²) in [6, 6.07) is 5.59. The van der Waals surface area contributed by atoms with Gasteiger partial charge in [0.2, 0.25) is 0 Å². The van der Waals surface area contributed by atoms with Crippen LogP contribution in [0.5, 0.6) is 0 Å². The van der Waals surface area contributed by atoms with Gasteiger partial charge in [-0.15, -0.1) is 0 Å². The molecular formula is C15H15ClN4S. The highest BCUT2D eigenvalue weighted by molar-refractivity contribution is 7.99. The molecule has 4 nitrogen and oxygen atoms in total. The van der Waals surface area contributed by atoms with Crippen LogP contribution in [-0.2, 0) is 12.8 Å². The number of nitrogens with two attached hydrogens (primary N) is 1. The summed E-state index contributed by atoms with van der Waals surface area (Å²) in [7, 11) is 0. The van der Waals surface area contributed by atoms with E-state index >= 15 is 0 Å². The van der Waals surface area contributed by atoms with Crippen LogP contribution in [0.1, 0.15) is 29.7 Å². The van der Waals surface area contributed by atoms with Crippen LogP contribution >= 0.6 is 23.4 Å². The zero-order chi connectivity index (χ0) is 14.8. The van der Waals surface area contributed by atoms with Gasteiger partial charge in [-0.1, -0.05) is 11.6 Å². The molecule has 0 aliphatic heterocycles. The molecule has 1 aliphatic rings. The van der Waals surface area contributed by atoms with Crippen LogP contribution in [0.15, 0.2) is 34.4 Å². The van der Waals surface area contributed by atoms with Crippen molar-refractivity contribution >= 4 is 29.2 Å². The SMILES string of the molecule is N=C(N)c1cc2c(nc1Sc1ncccc1Cl)CCCC2. The Hall–Kier alpha value is -1.59. The lowest BCUT2D eigenvalue weighted by molar-refractivity contribution is 0.660. The van der Waals surface area contributed by atoms with Crippen LogP contribution in [-0.4, -0.2) is 15.8 Å². The fourth-order valence-electron chi connectivity index (χ4n) is 2.42. The maximum atomic E-state index is 7.78. The first kappa shape index (κ1) is 14.4. The number of halogens is 1. The summed E-state index contributed by atoms with van der Waals surface area (Å²) in [5.74, 6) is 0.0328. The topological polar surface area (TPSA) is 75.7 Å². The second-order valence-electron chi connectivity index (χ2n) is 4.96. The Balaban J connectivity index is 2.04. The average molecular weight is 319 g/mol. The minimum absolute atomic E-state index is 0.0328. The summed E-state index contributed by atoms with van der Waals surface area (Å²) >= 11 is 7.52. The third kappa shape index (κ3) is 3.04. The van der Waals surface area contributed by atoms with Crippen molar-refractivity contribution in [3.63, 3.8) is 0 Å². The van der Waals surface area contributed by atoms with E-state index in [1.54, 1.807) is 18.3 Å². The van der Waals surface area contributed by atoms with E-state index in [1.807, 2.05) is 6.07 Å². The molecule has 2 aromatic heterocycles. The second kappa shape index (κ2) is 6.03. The van der Waals surface area contributed by atoms with Gasteiger partial charge in [-0.25, -0.2) is 9.97 Å². The van der Waals surface area contributed by atoms with Crippen molar-refractivity contribution in [2.75, 3.05) is 0 Å². The Bertz CT molecular complexity index is 702. The lowest BCUT2D eigenvalue weighted by Gasteiger charge is -2.18. The lowest BCUT2D eigenvalue weighted by Crippen LogP contribution is -2.16. The largest absolute Gasteiger partial charge is 0.384 e. The Morgan fingerprint density at radius 2 is 2.10 bits per heavy atom. The van der Waals surface area contributed by atoms with Gasteiger partial charge in [0.1, 0.15) is 15.9 Å². The van der Waals surface area contributed by atoms with Crippen molar-refractivity contribution in [1.82, 2.24) is 9.97 Å². The van der Waals surface area contributed by atoms with Crippen LogP contribution in [0.25, 0.3) is 0 Å². The molecule has 0 unspecified atom stereocenters. The third-order valence-corrected chi connectivity index (χ3v) is 4.91. The van der Waals surface area contributed by atoms with E-state index < -0.39 is 0 Å². The molecule has 0 aromatic carbocycles. The number of nitrogens with zero attached hydrogens (tertiary/aromatic N) is 2. The maximum absolute atomic E-state index is 7.78. The summed E-state index contributed by atoms with van der Waals surface area (Å²) in [5.41, 5.74) is 8.71. The van der Waals surface area contributed by atoms with Crippen molar-refractivity contribution in [1.29, 1.82) is 5.41 Å². The predicted octanol–water partition coefficient (Wildman–Crippen LogP) is 3.44. The minimum Gasteiger partial charge on any atom is -0.384 e. The van der Waals surface area contributed by atoms with E-state index in [9.17, 15) is 0 Å². The Morgan fingerprint density at radius 3 is 2.86 bits per heavy atom. The van der Waals surface area contributed by atoms with E-state index in [1.165, 1.54) is 23.7 Å². The van der Waals surface area contributed by atoms with E-state index in [-0.39, 0.29) is 5.84 Å². The number of pyridine rings is 2. The van der Waals surface area contributed by atoms with Crippen molar-refractivity contribution in [2.24, 2.45) is 5.73 Å². The van der Waals surface area contributed by atoms with E-state index in [0.29, 0.717) is 20.6 Å². The molecule has 0 radical (unpaired) electrons. The van der Waals surface area contributed by atoms with Crippen LogP contribution < -0.4 is 5.73 Å². The van der Waals surface area contributed by atoms with Crippen LogP contribution in [0.3, 0.4) is 0 Å². The van der Waals surface area contributed by atoms with Gasteiger partial charge in [0.15, 0.2) is 0 Å². The zero-order valence-corrected chi connectivity index (χ0v) is 13.0. The fraction of sp³-hybridized carbons (Fsp3) is 0.267. The van der Waals surface area contributed by atoms with Gasteiger partial charge in [-0.2, -0.15) is 0 Å². The number of aromatic nitrogens is 2. The van der Waals surface area contributed by atoms with Crippen molar-refractivity contribution in [3.8, 4) is 0 Å². The number of amidine groups is 1. The number of hydrogen-bond acceptors (Lipinski definition) is 4. The molecule has 3 N–H and O–H groups in total. The Morgan fingerprint density at radius 1 is 1.29 bits per heavy atom. The molecule has 0 amide bonds. The summed E-state index contributed by atoms with van der Waals surface area (Å²) in [4.78, 5) is 8.98. The Kier molecular flexibility index (Phi) is 4.12. The zero-order valence-electron chi connectivity index (χ0n) is 11.4. The molecule has 0 spiro atoms. The van der Waals surface area contributed by atoms with Gasteiger partial charge in [0.05, 0.1) is 5.02 Å². The van der Waals surface area contributed by atoms with Gasteiger partial charge >= 0.3 is 0 Å². The van der Waals surface area contributed by atoms with E-state index in [4.69, 9.17) is 27.7 Å². The van der Waals surface area contributed by atoms with Gasteiger partial charge in [0.25, 0.3) is 0 Å². The van der Waals surface area contributed by atoms with Crippen LogP contribution in [0.2, 0.25) is 5.02 Å². The first-order valence-electron chi connectivity index (χ1n) is 6.80. The minimum atomic E-state index is 0.0328. The lowest BCUT2D eigenvalue weighted by atomic mass is 9.95. The predicted molar refractivity (Wildman–Crippen MR) is 85.3 cm³/mol. The molecule has 2 aromatic rings. The molecule has 21 heavy (non-hydrogen) atoms. The maximum Gasteiger partial charge on any atom is 0.125 e. The fourth-order valence-corrected chi connectivity index (χ4v) is 3.56. The van der Waals surface area contributed by atoms with E-state index in [0.717, 1.165) is 25.0 Å². The smallest absolute Gasteiger partial charge is 0.125 e. The van der Waals surface area contributed by atoms with Crippen LogP contribution in [0.4, 0.5) is 0 Å². The second-order valence-corrected chi connectivity index (χ2v) is 6.34. The standard InChI is InChI=1S/C15H15ClN4S/c16-11-5-3-7-19-15(11)21-14-10(13(17)18)8-9-4-1-2-6-12(9)20-14/h3,5,7-8H,1-2,4,6H2,(H3,17,18). The molecule has 2 heterocycles. The summed E-state index contributed by atoms with van der Waals surface area (Å²) in [5, 5.41) is 9.76. The van der Waals surface area contributed by atoms with E-state index in [2.05, 4.69) is 4.98 Å². The van der Waals surface area contributed by atoms with Gasteiger partial charge < -0.3 is 5.73 Å². The molecule has 108 valence electrons. The molecule has 6 heteroatoms. The highest BCUT2D eigenvalue weighted by Crippen LogP contribution is 2.34. The molecule has 0 saturated carbocycles. The number of nitrogen functional groups attached to an aromatic ring is 1. The highest BCUT2D eigenvalue weighted by atomic mass is 35.5. The summed E-state index contributed by atoms with van der Waals surface area (Å²) in [6.45, 7) is 0. The third-order valence-electron chi connectivity index (χ3n) is 3.47. The molecule has 3 rings (SSSR count). The Labute approximate surface area is 132 Å². The van der Waals surface area contributed by atoms with Crippen molar-refractivity contribution in [2.45, 2.75) is 35.7 Å². The normalized spacial score (nSPS) is 13.8. The number of fused-ring (bicyclic) bond motifs is 1.